The molecule has 1 aromatic carbocycles. The molecular weight excluding hydrogens is 324 g/mol. The Hall–Kier alpha value is -2.28. The summed E-state index contributed by atoms with van der Waals surface area (Å²) in [5, 5.41) is 0. The molecule has 7 heteroatoms. The van der Waals surface area contributed by atoms with Gasteiger partial charge in [-0.05, 0) is 30.5 Å². The molecule has 2 fully saturated rings. The molecular formula is C18H24N2O5. The van der Waals surface area contributed by atoms with Gasteiger partial charge in [0, 0.05) is 19.7 Å². The van der Waals surface area contributed by atoms with E-state index in [4.69, 9.17) is 14.2 Å². The Morgan fingerprint density at radius 3 is 2.72 bits per heavy atom. The standard InChI is InChI=1S/C18H24N2O5/c1-23-15-6-4-14(5-7-15)11-20(12-16-3-2-9-24-16)17(21)13-19-8-10-25-18(19)22/h4-7,16H,2-3,8-13H2,1H3/t16-/m0/s1. The first-order valence-corrected chi connectivity index (χ1v) is 8.59. The summed E-state index contributed by atoms with van der Waals surface area (Å²) in [4.78, 5) is 27.6. The molecule has 0 unspecified atom stereocenters. The van der Waals surface area contributed by atoms with Gasteiger partial charge in [0.2, 0.25) is 5.91 Å². The summed E-state index contributed by atoms with van der Waals surface area (Å²) in [5.41, 5.74) is 1.01. The zero-order chi connectivity index (χ0) is 17.6. The van der Waals surface area contributed by atoms with Crippen molar-refractivity contribution in [3.8, 4) is 5.75 Å². The number of carbonyl (C=O) groups is 2. The maximum Gasteiger partial charge on any atom is 0.410 e. The molecule has 0 spiro atoms. The molecule has 7 nitrogen and oxygen atoms in total. The lowest BCUT2D eigenvalue weighted by molar-refractivity contribution is -0.134. The van der Waals surface area contributed by atoms with E-state index < -0.39 is 6.09 Å². The van der Waals surface area contributed by atoms with E-state index in [0.717, 1.165) is 30.8 Å². The van der Waals surface area contributed by atoms with Crippen molar-refractivity contribution >= 4 is 12.0 Å². The van der Waals surface area contributed by atoms with Crippen LogP contribution in [0.3, 0.4) is 0 Å². The van der Waals surface area contributed by atoms with Crippen LogP contribution in [0.4, 0.5) is 4.79 Å². The van der Waals surface area contributed by atoms with Crippen LogP contribution in [0, 0.1) is 0 Å². The van der Waals surface area contributed by atoms with Crippen molar-refractivity contribution < 1.29 is 23.8 Å². The highest BCUT2D eigenvalue weighted by Gasteiger charge is 2.28. The van der Waals surface area contributed by atoms with Crippen LogP contribution in [-0.2, 0) is 20.8 Å². The van der Waals surface area contributed by atoms with Gasteiger partial charge in [-0.1, -0.05) is 12.1 Å². The Morgan fingerprint density at radius 1 is 1.32 bits per heavy atom. The van der Waals surface area contributed by atoms with Gasteiger partial charge in [-0.25, -0.2) is 4.79 Å². The molecule has 2 aliphatic heterocycles. The fourth-order valence-electron chi connectivity index (χ4n) is 3.07. The second-order valence-corrected chi connectivity index (χ2v) is 6.29. The molecule has 0 aromatic heterocycles. The Morgan fingerprint density at radius 2 is 2.12 bits per heavy atom. The Labute approximate surface area is 147 Å². The van der Waals surface area contributed by atoms with Crippen LogP contribution in [-0.4, -0.2) is 67.9 Å². The molecule has 25 heavy (non-hydrogen) atoms. The number of hydrogen-bond donors (Lipinski definition) is 0. The Balaban J connectivity index is 1.66. The number of amides is 2. The first kappa shape index (κ1) is 17.5. The topological polar surface area (TPSA) is 68.3 Å². The summed E-state index contributed by atoms with van der Waals surface area (Å²) in [6, 6.07) is 7.64. The van der Waals surface area contributed by atoms with E-state index in [-0.39, 0.29) is 18.6 Å². The van der Waals surface area contributed by atoms with Crippen LogP contribution in [0.5, 0.6) is 5.75 Å². The third kappa shape index (κ3) is 4.63. The van der Waals surface area contributed by atoms with E-state index in [2.05, 4.69) is 0 Å². The lowest BCUT2D eigenvalue weighted by Crippen LogP contribution is -2.43. The van der Waals surface area contributed by atoms with Gasteiger partial charge in [-0.3, -0.25) is 9.69 Å². The first-order valence-electron chi connectivity index (χ1n) is 8.59. The number of hydrogen-bond acceptors (Lipinski definition) is 5. The van der Waals surface area contributed by atoms with Gasteiger partial charge in [0.05, 0.1) is 19.8 Å². The summed E-state index contributed by atoms with van der Waals surface area (Å²) >= 11 is 0. The van der Waals surface area contributed by atoms with Crippen molar-refractivity contribution in [2.24, 2.45) is 0 Å². The first-order chi connectivity index (χ1) is 12.2. The average molecular weight is 348 g/mol. The molecule has 2 heterocycles. The van der Waals surface area contributed by atoms with Crippen LogP contribution >= 0.6 is 0 Å². The number of cyclic esters (lactones) is 1. The molecule has 0 radical (unpaired) electrons. The molecule has 3 rings (SSSR count). The number of ether oxygens (including phenoxy) is 3. The largest absolute Gasteiger partial charge is 0.497 e. The van der Waals surface area contributed by atoms with E-state index in [0.29, 0.717) is 26.2 Å². The number of benzene rings is 1. The minimum absolute atomic E-state index is 0.0434. The van der Waals surface area contributed by atoms with Gasteiger partial charge in [0.25, 0.3) is 0 Å². The number of carbonyl (C=O) groups excluding carboxylic acids is 2. The summed E-state index contributed by atoms with van der Waals surface area (Å²) in [6.45, 7) is 2.60. The quantitative estimate of drug-likeness (QED) is 0.750. The lowest BCUT2D eigenvalue weighted by atomic mass is 10.1. The van der Waals surface area contributed by atoms with E-state index in [9.17, 15) is 9.59 Å². The summed E-state index contributed by atoms with van der Waals surface area (Å²) in [7, 11) is 1.62. The molecule has 0 N–H and O–H groups in total. The maximum atomic E-state index is 12.8. The molecule has 0 saturated carbocycles. The number of methoxy groups -OCH3 is 1. The van der Waals surface area contributed by atoms with Crippen molar-refractivity contribution in [3.63, 3.8) is 0 Å². The fraction of sp³-hybridized carbons (Fsp3) is 0.556. The average Bonchev–Trinajstić information content (AvgIpc) is 3.27. The normalized spacial score (nSPS) is 19.8. The Kier molecular flexibility index (Phi) is 5.75. The third-order valence-corrected chi connectivity index (χ3v) is 4.50. The predicted molar refractivity (Wildman–Crippen MR) is 90.3 cm³/mol. The van der Waals surface area contributed by atoms with Crippen molar-refractivity contribution in [1.29, 1.82) is 0 Å². The van der Waals surface area contributed by atoms with Crippen LogP contribution in [0.25, 0.3) is 0 Å². The van der Waals surface area contributed by atoms with Crippen LogP contribution in [0.1, 0.15) is 18.4 Å². The van der Waals surface area contributed by atoms with E-state index >= 15 is 0 Å². The maximum absolute atomic E-state index is 12.8. The van der Waals surface area contributed by atoms with Crippen LogP contribution < -0.4 is 4.74 Å². The van der Waals surface area contributed by atoms with Gasteiger partial charge in [-0.2, -0.15) is 0 Å². The second-order valence-electron chi connectivity index (χ2n) is 6.29. The van der Waals surface area contributed by atoms with E-state index in [1.165, 1.54) is 4.90 Å². The van der Waals surface area contributed by atoms with Crippen molar-refractivity contribution in [2.45, 2.75) is 25.5 Å². The molecule has 1 aromatic rings. The third-order valence-electron chi connectivity index (χ3n) is 4.50. The minimum atomic E-state index is -0.421. The molecule has 136 valence electrons. The summed E-state index contributed by atoms with van der Waals surface area (Å²) in [6.07, 6.45) is 1.62. The lowest BCUT2D eigenvalue weighted by Gasteiger charge is -2.27. The molecule has 2 aliphatic rings. The predicted octanol–water partition coefficient (Wildman–Crippen LogP) is 1.66. The van der Waals surface area contributed by atoms with E-state index in [1.807, 2.05) is 24.3 Å². The molecule has 0 bridgehead atoms. The highest BCUT2D eigenvalue weighted by atomic mass is 16.6. The number of nitrogens with zero attached hydrogens (tertiary/aromatic N) is 2. The molecule has 2 saturated heterocycles. The van der Waals surface area contributed by atoms with Crippen LogP contribution in [0.2, 0.25) is 0 Å². The van der Waals surface area contributed by atoms with Crippen molar-refractivity contribution in [3.05, 3.63) is 29.8 Å². The van der Waals surface area contributed by atoms with Gasteiger partial charge in [-0.15, -0.1) is 0 Å². The second kappa shape index (κ2) is 8.20. The molecule has 2 amide bonds. The monoisotopic (exact) mass is 348 g/mol. The Bertz CT molecular complexity index is 598. The number of rotatable bonds is 7. The fourth-order valence-corrected chi connectivity index (χ4v) is 3.07. The summed E-state index contributed by atoms with van der Waals surface area (Å²) in [5.74, 6) is 0.686. The van der Waals surface area contributed by atoms with Gasteiger partial charge in [0.15, 0.2) is 0 Å². The van der Waals surface area contributed by atoms with Crippen molar-refractivity contribution in [2.75, 3.05) is 40.0 Å². The summed E-state index contributed by atoms with van der Waals surface area (Å²) < 4.78 is 15.8. The van der Waals surface area contributed by atoms with E-state index in [1.54, 1.807) is 12.0 Å². The SMILES string of the molecule is COc1ccc(CN(C[C@@H]2CCCO2)C(=O)CN2CCOC2=O)cc1. The zero-order valence-electron chi connectivity index (χ0n) is 14.5. The van der Waals surface area contributed by atoms with Gasteiger partial charge >= 0.3 is 6.09 Å². The molecule has 0 aliphatic carbocycles. The molecule has 1 atom stereocenters. The highest BCUT2D eigenvalue weighted by Crippen LogP contribution is 2.18. The van der Waals surface area contributed by atoms with Crippen LogP contribution in [0.15, 0.2) is 24.3 Å². The van der Waals surface area contributed by atoms with Gasteiger partial charge < -0.3 is 19.1 Å². The van der Waals surface area contributed by atoms with Gasteiger partial charge in [0.1, 0.15) is 18.9 Å². The zero-order valence-corrected chi connectivity index (χ0v) is 14.5. The smallest absolute Gasteiger partial charge is 0.410 e. The van der Waals surface area contributed by atoms with Crippen molar-refractivity contribution in [1.82, 2.24) is 9.80 Å². The minimum Gasteiger partial charge on any atom is -0.497 e. The highest BCUT2D eigenvalue weighted by molar-refractivity contribution is 5.83.